The first-order chi connectivity index (χ1) is 28.7. The summed E-state index contributed by atoms with van der Waals surface area (Å²) in [7, 11) is 0. The van der Waals surface area contributed by atoms with Gasteiger partial charge in [-0.05, 0) is 79.8 Å². The number of hydrogen-bond donors (Lipinski definition) is 3. The summed E-state index contributed by atoms with van der Waals surface area (Å²) in [5.41, 5.74) is 4.05. The number of imide groups is 2. The third-order valence-corrected chi connectivity index (χ3v) is 11.4. The van der Waals surface area contributed by atoms with Gasteiger partial charge in [0.15, 0.2) is 11.5 Å². The van der Waals surface area contributed by atoms with Crippen LogP contribution in [-0.2, 0) is 22.6 Å². The van der Waals surface area contributed by atoms with Crippen molar-refractivity contribution >= 4 is 52.0 Å². The monoisotopic (exact) mass is 798 g/mol. The van der Waals surface area contributed by atoms with Gasteiger partial charge in [0.2, 0.25) is 17.8 Å². The topological polar surface area (TPSA) is 197 Å². The standard InChI is InChI=1S/C42H42N10O7/c1-2-16-50-39(56)31-24-43-42(47-37(31)52(50)34-14-5-25-4-13-33(53)36(25)45-34)44-26-6-8-27(9-7-26)49-20-18-48(19-21-49)17-3-22-59-28-10-11-29-30(23-28)41(58)51(40(29)57)32-12-15-35(54)46-38(32)55/h2,5-11,14,23-24,32-33,53H,1,3-4,12-13,15-22H2,(H,43,44,47)(H,46,54,55). The van der Waals surface area contributed by atoms with Crippen LogP contribution in [-0.4, -0.2) is 108 Å². The van der Waals surface area contributed by atoms with Crippen LogP contribution in [0.4, 0.5) is 17.3 Å². The summed E-state index contributed by atoms with van der Waals surface area (Å²) in [4.78, 5) is 83.0. The molecule has 3 N–H and O–H groups in total. The lowest BCUT2D eigenvalue weighted by Crippen LogP contribution is -2.54. The molecule has 3 aliphatic heterocycles. The van der Waals surface area contributed by atoms with Crippen molar-refractivity contribution in [1.82, 2.24) is 39.4 Å². The minimum Gasteiger partial charge on any atom is -0.494 e. The summed E-state index contributed by atoms with van der Waals surface area (Å²) in [5, 5.41) is 16.3. The van der Waals surface area contributed by atoms with E-state index < -0.39 is 35.8 Å². The molecule has 2 aromatic carbocycles. The molecule has 5 aromatic rings. The van der Waals surface area contributed by atoms with Gasteiger partial charge < -0.3 is 20.1 Å². The minimum atomic E-state index is -1.01. The molecule has 4 amide bonds. The van der Waals surface area contributed by atoms with E-state index in [1.165, 1.54) is 10.9 Å². The van der Waals surface area contributed by atoms with Crippen LogP contribution in [0.5, 0.6) is 5.75 Å². The number of aliphatic hydroxyl groups is 1. The molecule has 0 bridgehead atoms. The van der Waals surface area contributed by atoms with Gasteiger partial charge in [-0.3, -0.25) is 39.1 Å². The van der Waals surface area contributed by atoms with Gasteiger partial charge >= 0.3 is 0 Å². The molecule has 2 fully saturated rings. The molecular formula is C42H42N10O7. The second-order valence-electron chi connectivity index (χ2n) is 15.0. The average Bonchev–Trinajstić information content (AvgIpc) is 3.84. The Morgan fingerprint density at radius 2 is 1.71 bits per heavy atom. The molecule has 0 saturated carbocycles. The molecule has 4 aliphatic rings. The Kier molecular flexibility index (Phi) is 9.98. The van der Waals surface area contributed by atoms with Gasteiger partial charge in [0.25, 0.3) is 17.4 Å². The lowest BCUT2D eigenvalue weighted by atomic mass is 10.0. The van der Waals surface area contributed by atoms with Crippen LogP contribution in [0, 0.1) is 0 Å². The number of carbonyl (C=O) groups is 4. The average molecular weight is 799 g/mol. The van der Waals surface area contributed by atoms with Crippen LogP contribution in [0.25, 0.3) is 16.9 Å². The summed E-state index contributed by atoms with van der Waals surface area (Å²) in [5.74, 6) is -0.875. The molecule has 6 heterocycles. The number of aryl methyl sites for hydroxylation is 1. The molecule has 9 rings (SSSR count). The van der Waals surface area contributed by atoms with Gasteiger partial charge in [-0.2, -0.15) is 4.98 Å². The maximum atomic E-state index is 13.4. The van der Waals surface area contributed by atoms with Crippen molar-refractivity contribution in [3.63, 3.8) is 0 Å². The Balaban J connectivity index is 0.776. The fourth-order valence-corrected chi connectivity index (χ4v) is 8.28. The van der Waals surface area contributed by atoms with Gasteiger partial charge in [-0.1, -0.05) is 12.1 Å². The van der Waals surface area contributed by atoms with E-state index in [1.807, 2.05) is 24.3 Å². The highest BCUT2D eigenvalue weighted by atomic mass is 16.5. The van der Waals surface area contributed by atoms with E-state index in [4.69, 9.17) is 14.7 Å². The number of amides is 4. The molecule has 3 aromatic heterocycles. The van der Waals surface area contributed by atoms with Crippen LogP contribution in [0.1, 0.15) is 63.8 Å². The lowest BCUT2D eigenvalue weighted by molar-refractivity contribution is -0.136. The number of pyridine rings is 1. The number of aliphatic hydroxyl groups excluding tert-OH is 1. The Bertz CT molecular complexity index is 2580. The van der Waals surface area contributed by atoms with Crippen LogP contribution in [0.3, 0.4) is 0 Å². The van der Waals surface area contributed by atoms with Crippen LogP contribution < -0.4 is 25.8 Å². The van der Waals surface area contributed by atoms with Gasteiger partial charge in [-0.15, -0.1) is 6.58 Å². The molecular weight excluding hydrogens is 757 g/mol. The van der Waals surface area contributed by atoms with E-state index in [2.05, 4.69) is 44.1 Å². The lowest BCUT2D eigenvalue weighted by Gasteiger charge is -2.36. The summed E-state index contributed by atoms with van der Waals surface area (Å²) in [6, 6.07) is 15.6. The number of piperazine rings is 1. The second kappa shape index (κ2) is 15.6. The number of piperidine rings is 1. The van der Waals surface area contributed by atoms with E-state index in [0.29, 0.717) is 47.3 Å². The molecule has 0 radical (unpaired) electrons. The number of nitrogens with one attached hydrogen (secondary N) is 2. The van der Waals surface area contributed by atoms with Crippen LogP contribution in [0.2, 0.25) is 0 Å². The van der Waals surface area contributed by atoms with E-state index in [-0.39, 0.29) is 36.1 Å². The molecule has 2 atom stereocenters. The Morgan fingerprint density at radius 3 is 2.49 bits per heavy atom. The second-order valence-corrected chi connectivity index (χ2v) is 15.0. The number of carbonyl (C=O) groups excluding carboxylic acids is 4. The summed E-state index contributed by atoms with van der Waals surface area (Å²) in [6.07, 6.45) is 4.83. The maximum Gasteiger partial charge on any atom is 0.278 e. The van der Waals surface area contributed by atoms with E-state index in [9.17, 15) is 29.1 Å². The number of fused-ring (bicyclic) bond motifs is 3. The molecule has 59 heavy (non-hydrogen) atoms. The van der Waals surface area contributed by atoms with Crippen molar-refractivity contribution in [3.05, 3.63) is 106 Å². The molecule has 1 aliphatic carbocycles. The van der Waals surface area contributed by atoms with Crippen molar-refractivity contribution in [2.45, 2.75) is 50.8 Å². The number of hydrogen-bond acceptors (Lipinski definition) is 13. The summed E-state index contributed by atoms with van der Waals surface area (Å²) < 4.78 is 9.14. The highest BCUT2D eigenvalue weighted by Crippen LogP contribution is 2.32. The fourth-order valence-electron chi connectivity index (χ4n) is 8.28. The van der Waals surface area contributed by atoms with Crippen LogP contribution >= 0.6 is 0 Å². The number of anilines is 3. The normalized spacial score (nSPS) is 19.3. The predicted molar refractivity (Wildman–Crippen MR) is 216 cm³/mol. The summed E-state index contributed by atoms with van der Waals surface area (Å²) >= 11 is 0. The van der Waals surface area contributed by atoms with Crippen molar-refractivity contribution in [2.24, 2.45) is 0 Å². The Labute approximate surface area is 337 Å². The van der Waals surface area contributed by atoms with Crippen molar-refractivity contribution < 1.29 is 29.0 Å². The molecule has 302 valence electrons. The highest BCUT2D eigenvalue weighted by Gasteiger charge is 2.44. The van der Waals surface area contributed by atoms with Gasteiger partial charge in [-0.25, -0.2) is 19.3 Å². The number of ether oxygens (including phenoxy) is 1. The molecule has 2 unspecified atom stereocenters. The van der Waals surface area contributed by atoms with E-state index in [0.717, 1.165) is 67.4 Å². The first-order valence-electron chi connectivity index (χ1n) is 19.8. The Hall–Kier alpha value is -6.72. The summed E-state index contributed by atoms with van der Waals surface area (Å²) in [6.45, 7) is 8.79. The molecule has 17 heteroatoms. The SMILES string of the molecule is C=CCn1c(=O)c2cnc(Nc3ccc(N4CCN(CCCOc5ccc6c(c5)C(=O)N(C5CCC(=O)NC5=O)C6=O)CC4)cc3)nc2n1-c1ccc2c(n1)C(O)CC2. The number of nitrogens with zero attached hydrogens (tertiary/aromatic N) is 8. The number of aromatic nitrogens is 5. The zero-order valence-corrected chi connectivity index (χ0v) is 32.2. The van der Waals surface area contributed by atoms with Crippen molar-refractivity contribution in [2.75, 3.05) is 49.5 Å². The minimum absolute atomic E-state index is 0.0672. The largest absolute Gasteiger partial charge is 0.494 e. The zero-order chi connectivity index (χ0) is 40.8. The predicted octanol–water partition coefficient (Wildman–Crippen LogP) is 2.88. The van der Waals surface area contributed by atoms with Gasteiger partial charge in [0, 0.05) is 56.7 Å². The smallest absolute Gasteiger partial charge is 0.278 e. The van der Waals surface area contributed by atoms with Crippen LogP contribution in [0.15, 0.2) is 78.2 Å². The number of benzene rings is 2. The molecule has 17 nitrogen and oxygen atoms in total. The number of allylic oxidation sites excluding steroid dienone is 1. The highest BCUT2D eigenvalue weighted by molar-refractivity contribution is 6.23. The van der Waals surface area contributed by atoms with Gasteiger partial charge in [0.05, 0.1) is 36.1 Å². The van der Waals surface area contributed by atoms with Crippen molar-refractivity contribution in [3.8, 4) is 11.6 Å². The first-order valence-corrected chi connectivity index (χ1v) is 19.8. The molecule has 0 spiro atoms. The third-order valence-electron chi connectivity index (χ3n) is 11.4. The Morgan fingerprint density at radius 1 is 0.915 bits per heavy atom. The fraction of sp³-hybridized carbons (Fsp3) is 0.333. The van der Waals surface area contributed by atoms with Gasteiger partial charge in [0.1, 0.15) is 17.2 Å². The van der Waals surface area contributed by atoms with E-state index >= 15 is 0 Å². The van der Waals surface area contributed by atoms with E-state index in [1.54, 1.807) is 29.0 Å². The molecule has 2 saturated heterocycles. The third kappa shape index (κ3) is 7.12. The van der Waals surface area contributed by atoms with Crippen molar-refractivity contribution in [1.29, 1.82) is 0 Å². The first kappa shape index (κ1) is 37.8. The maximum absolute atomic E-state index is 13.4. The number of rotatable bonds is 12. The quantitative estimate of drug-likeness (QED) is 0.0948. The zero-order valence-electron chi connectivity index (χ0n) is 32.2.